The van der Waals surface area contributed by atoms with Crippen molar-refractivity contribution >= 4 is 5.69 Å². The molecule has 4 nitrogen and oxygen atoms in total. The molecule has 0 saturated carbocycles. The molecule has 1 heterocycles. The molecule has 1 aromatic rings. The maximum Gasteiger partial charge on any atom is 0.101 e. The largest absolute Gasteiger partial charge is 0.385 e. The van der Waals surface area contributed by atoms with Gasteiger partial charge in [0.05, 0.1) is 17.2 Å². The first-order valence-corrected chi connectivity index (χ1v) is 6.13. The fourth-order valence-corrected chi connectivity index (χ4v) is 2.09. The average molecular weight is 241 g/mol. The third kappa shape index (κ3) is 3.00. The fraction of sp³-hybridized carbons (Fsp3) is 0.429. The zero-order chi connectivity index (χ0) is 12.8. The number of rotatable bonds is 4. The van der Waals surface area contributed by atoms with Gasteiger partial charge in [0.25, 0.3) is 0 Å². The Morgan fingerprint density at radius 3 is 2.78 bits per heavy atom. The standard InChI is InChI=1S/C14H15N3O/c15-9-11-3-4-13(8-12(11)10-16)17-6-5-14-2-1-7-18-14/h3-4,8,14,17H,1-2,5-7H2. The monoisotopic (exact) mass is 241 g/mol. The van der Waals surface area contributed by atoms with Crippen molar-refractivity contribution in [1.29, 1.82) is 10.5 Å². The van der Waals surface area contributed by atoms with Crippen molar-refractivity contribution in [2.75, 3.05) is 18.5 Å². The number of hydrogen-bond acceptors (Lipinski definition) is 4. The minimum absolute atomic E-state index is 0.367. The summed E-state index contributed by atoms with van der Waals surface area (Å²) in [4.78, 5) is 0. The van der Waals surface area contributed by atoms with Crippen LogP contribution in [0.3, 0.4) is 0 Å². The maximum absolute atomic E-state index is 8.92. The number of nitrogens with zero attached hydrogens (tertiary/aromatic N) is 2. The molecule has 0 aliphatic carbocycles. The average Bonchev–Trinajstić information content (AvgIpc) is 2.91. The van der Waals surface area contributed by atoms with Crippen LogP contribution in [-0.4, -0.2) is 19.3 Å². The Hall–Kier alpha value is -2.04. The lowest BCUT2D eigenvalue weighted by atomic mass is 10.1. The lowest BCUT2D eigenvalue weighted by Gasteiger charge is -2.11. The van der Waals surface area contributed by atoms with Crippen molar-refractivity contribution in [2.45, 2.75) is 25.4 Å². The highest BCUT2D eigenvalue weighted by atomic mass is 16.5. The molecule has 1 atom stereocenters. The van der Waals surface area contributed by atoms with Gasteiger partial charge in [-0.05, 0) is 37.5 Å². The molecule has 1 saturated heterocycles. The summed E-state index contributed by atoms with van der Waals surface area (Å²) in [5, 5.41) is 21.0. The Bertz CT molecular complexity index is 493. The number of anilines is 1. The number of benzene rings is 1. The van der Waals surface area contributed by atoms with Crippen molar-refractivity contribution in [3.05, 3.63) is 29.3 Å². The summed E-state index contributed by atoms with van der Waals surface area (Å²) in [6, 6.07) is 9.25. The van der Waals surface area contributed by atoms with Gasteiger partial charge in [-0.2, -0.15) is 10.5 Å². The quantitative estimate of drug-likeness (QED) is 0.878. The molecule has 1 fully saturated rings. The van der Waals surface area contributed by atoms with Crippen LogP contribution in [0.1, 0.15) is 30.4 Å². The molecule has 2 rings (SSSR count). The van der Waals surface area contributed by atoms with E-state index in [-0.39, 0.29) is 0 Å². The van der Waals surface area contributed by atoms with Gasteiger partial charge in [0.15, 0.2) is 0 Å². The predicted octanol–water partition coefficient (Wildman–Crippen LogP) is 2.41. The molecule has 1 aromatic carbocycles. The van der Waals surface area contributed by atoms with Crippen LogP contribution in [0.25, 0.3) is 0 Å². The summed E-state index contributed by atoms with van der Waals surface area (Å²) in [5.41, 5.74) is 1.71. The van der Waals surface area contributed by atoms with Crippen molar-refractivity contribution < 1.29 is 4.74 Å². The predicted molar refractivity (Wildman–Crippen MR) is 68.0 cm³/mol. The molecule has 0 amide bonds. The van der Waals surface area contributed by atoms with Crippen LogP contribution in [0, 0.1) is 22.7 Å². The third-order valence-electron chi connectivity index (χ3n) is 3.08. The van der Waals surface area contributed by atoms with E-state index in [0.29, 0.717) is 17.2 Å². The first kappa shape index (κ1) is 12.4. The van der Waals surface area contributed by atoms with Crippen molar-refractivity contribution in [3.63, 3.8) is 0 Å². The van der Waals surface area contributed by atoms with Crippen LogP contribution >= 0.6 is 0 Å². The van der Waals surface area contributed by atoms with E-state index in [1.54, 1.807) is 12.1 Å². The Morgan fingerprint density at radius 1 is 1.28 bits per heavy atom. The summed E-state index contributed by atoms with van der Waals surface area (Å²) in [5.74, 6) is 0. The molecule has 1 aliphatic rings. The summed E-state index contributed by atoms with van der Waals surface area (Å²) in [6.45, 7) is 1.70. The lowest BCUT2D eigenvalue weighted by Crippen LogP contribution is -2.12. The van der Waals surface area contributed by atoms with E-state index in [2.05, 4.69) is 5.32 Å². The van der Waals surface area contributed by atoms with Crippen LogP contribution in [0.5, 0.6) is 0 Å². The van der Waals surface area contributed by atoms with Crippen molar-refractivity contribution in [1.82, 2.24) is 0 Å². The molecular weight excluding hydrogens is 226 g/mol. The van der Waals surface area contributed by atoms with E-state index >= 15 is 0 Å². The second kappa shape index (κ2) is 6.05. The molecule has 0 spiro atoms. The topological polar surface area (TPSA) is 68.8 Å². The highest BCUT2D eigenvalue weighted by Crippen LogP contribution is 2.17. The van der Waals surface area contributed by atoms with Crippen LogP contribution < -0.4 is 5.32 Å². The molecule has 1 aliphatic heterocycles. The highest BCUT2D eigenvalue weighted by molar-refractivity contribution is 5.56. The van der Waals surface area contributed by atoms with Gasteiger partial charge >= 0.3 is 0 Å². The van der Waals surface area contributed by atoms with Gasteiger partial charge in [0.1, 0.15) is 12.1 Å². The number of nitrogens with one attached hydrogen (secondary N) is 1. The molecular formula is C14H15N3O. The number of hydrogen-bond donors (Lipinski definition) is 1. The molecule has 1 unspecified atom stereocenters. The molecule has 0 aromatic heterocycles. The first-order chi connectivity index (χ1) is 8.83. The number of nitriles is 2. The van der Waals surface area contributed by atoms with E-state index in [1.165, 1.54) is 0 Å². The van der Waals surface area contributed by atoms with Crippen LogP contribution in [0.2, 0.25) is 0 Å². The van der Waals surface area contributed by atoms with Crippen LogP contribution in [0.15, 0.2) is 18.2 Å². The lowest BCUT2D eigenvalue weighted by molar-refractivity contribution is 0.107. The number of ether oxygens (including phenoxy) is 1. The summed E-state index contributed by atoms with van der Waals surface area (Å²) in [6.07, 6.45) is 3.63. The highest BCUT2D eigenvalue weighted by Gasteiger charge is 2.14. The molecule has 0 radical (unpaired) electrons. The molecule has 1 N–H and O–H groups in total. The van der Waals surface area contributed by atoms with E-state index in [4.69, 9.17) is 15.3 Å². The minimum atomic E-state index is 0.367. The molecule has 92 valence electrons. The molecule has 0 bridgehead atoms. The van der Waals surface area contributed by atoms with Crippen molar-refractivity contribution in [3.8, 4) is 12.1 Å². The normalized spacial score (nSPS) is 18.0. The van der Waals surface area contributed by atoms with Gasteiger partial charge in [-0.3, -0.25) is 0 Å². The van der Waals surface area contributed by atoms with Crippen LogP contribution in [-0.2, 0) is 4.74 Å². The Morgan fingerprint density at radius 2 is 2.11 bits per heavy atom. The van der Waals surface area contributed by atoms with Gasteiger partial charge in [0, 0.05) is 18.8 Å². The fourth-order valence-electron chi connectivity index (χ4n) is 2.09. The maximum atomic E-state index is 8.92. The smallest absolute Gasteiger partial charge is 0.101 e. The first-order valence-electron chi connectivity index (χ1n) is 6.13. The second-order valence-corrected chi connectivity index (χ2v) is 4.33. The van der Waals surface area contributed by atoms with Gasteiger partial charge in [-0.25, -0.2) is 0 Å². The van der Waals surface area contributed by atoms with Gasteiger partial charge in [0.2, 0.25) is 0 Å². The summed E-state index contributed by atoms with van der Waals surface area (Å²) >= 11 is 0. The Labute approximate surface area is 107 Å². The summed E-state index contributed by atoms with van der Waals surface area (Å²) < 4.78 is 5.54. The second-order valence-electron chi connectivity index (χ2n) is 4.33. The van der Waals surface area contributed by atoms with Gasteiger partial charge < -0.3 is 10.1 Å². The zero-order valence-corrected chi connectivity index (χ0v) is 10.1. The minimum Gasteiger partial charge on any atom is -0.385 e. The summed E-state index contributed by atoms with van der Waals surface area (Å²) in [7, 11) is 0. The third-order valence-corrected chi connectivity index (χ3v) is 3.08. The van der Waals surface area contributed by atoms with E-state index in [1.807, 2.05) is 18.2 Å². The Kier molecular flexibility index (Phi) is 4.17. The van der Waals surface area contributed by atoms with Crippen LogP contribution in [0.4, 0.5) is 5.69 Å². The van der Waals surface area contributed by atoms with Gasteiger partial charge in [-0.1, -0.05) is 0 Å². The molecule has 4 heteroatoms. The van der Waals surface area contributed by atoms with Crippen molar-refractivity contribution in [2.24, 2.45) is 0 Å². The van der Waals surface area contributed by atoms with Gasteiger partial charge in [-0.15, -0.1) is 0 Å². The SMILES string of the molecule is N#Cc1ccc(NCCC2CCCO2)cc1C#N. The zero-order valence-electron chi connectivity index (χ0n) is 10.1. The van der Waals surface area contributed by atoms with E-state index in [9.17, 15) is 0 Å². The molecule has 18 heavy (non-hydrogen) atoms. The Balaban J connectivity index is 1.89. The van der Waals surface area contributed by atoms with E-state index < -0.39 is 0 Å². The van der Waals surface area contributed by atoms with E-state index in [0.717, 1.165) is 38.1 Å².